The molecule has 0 radical (unpaired) electrons. The second-order valence-electron chi connectivity index (χ2n) is 8.89. The number of nitrogens with zero attached hydrogens (tertiary/aromatic N) is 1. The van der Waals surface area contributed by atoms with Crippen LogP contribution in [0.25, 0.3) is 0 Å². The summed E-state index contributed by atoms with van der Waals surface area (Å²) in [5.74, 6) is 0.189. The van der Waals surface area contributed by atoms with Crippen LogP contribution in [0.3, 0.4) is 0 Å². The van der Waals surface area contributed by atoms with E-state index < -0.39 is 5.41 Å². The maximum atomic E-state index is 14.5. The fourth-order valence-electron chi connectivity index (χ4n) is 4.16. The molecule has 0 amide bonds. The van der Waals surface area contributed by atoms with Crippen LogP contribution in [0.15, 0.2) is 78.9 Å². The summed E-state index contributed by atoms with van der Waals surface area (Å²) < 4.78 is 0.973. The Morgan fingerprint density at radius 1 is 0.871 bits per heavy atom. The fourth-order valence-corrected chi connectivity index (χ4v) is 5.31. The molecule has 0 saturated carbocycles. The maximum absolute atomic E-state index is 14.5. The van der Waals surface area contributed by atoms with E-state index in [4.69, 9.17) is 0 Å². The third-order valence-corrected chi connectivity index (χ3v) is 10.2. The molecule has 3 rings (SSSR count). The summed E-state index contributed by atoms with van der Waals surface area (Å²) in [6, 6.07) is 27.3. The quantitative estimate of drug-likeness (QED) is 0.191. The molecule has 0 aromatic heterocycles. The van der Waals surface area contributed by atoms with Gasteiger partial charge in [-0.1, -0.05) is 0 Å². The molecule has 164 valence electrons. The van der Waals surface area contributed by atoms with Crippen LogP contribution in [0, 0.1) is 13.8 Å². The molecule has 0 saturated heterocycles. The molecule has 0 spiro atoms. The number of halogens is 1. The molecule has 0 bridgehead atoms. The zero-order valence-electron chi connectivity index (χ0n) is 19.5. The van der Waals surface area contributed by atoms with Crippen molar-refractivity contribution in [2.24, 2.45) is 0 Å². The minimum atomic E-state index is -0.724. The van der Waals surface area contributed by atoms with Gasteiger partial charge in [-0.15, -0.1) is 0 Å². The molecule has 0 heterocycles. The third-order valence-electron chi connectivity index (χ3n) is 6.78. The zero-order chi connectivity index (χ0) is 22.6. The zero-order valence-corrected chi connectivity index (χ0v) is 21.7. The number of aryl methyl sites for hydroxylation is 2. The van der Waals surface area contributed by atoms with Crippen molar-refractivity contribution in [2.45, 2.75) is 38.6 Å². The number of Topliss-reactive ketones (excluding diaryl/α,β-unsaturated/α-hetero) is 1. The van der Waals surface area contributed by atoms with E-state index >= 15 is 0 Å². The van der Waals surface area contributed by atoms with Crippen LogP contribution in [-0.4, -0.2) is 33.5 Å². The average molecular weight is 527 g/mol. The predicted octanol–water partition coefficient (Wildman–Crippen LogP) is 2.96. The summed E-state index contributed by atoms with van der Waals surface area (Å²) in [4.78, 5) is 16.8. The van der Waals surface area contributed by atoms with E-state index in [0.717, 1.165) is 31.4 Å². The molecular weight excluding hydrogens is 493 g/mol. The number of benzene rings is 3. The van der Waals surface area contributed by atoms with Crippen molar-refractivity contribution in [1.29, 1.82) is 0 Å². The summed E-state index contributed by atoms with van der Waals surface area (Å²) in [7, 11) is 4.61. The average Bonchev–Trinajstić information content (AvgIpc) is 2.79. The molecule has 2 nitrogen and oxygen atoms in total. The van der Waals surface area contributed by atoms with Gasteiger partial charge < -0.3 is 0 Å². The molecular formula is C28H34INO. The number of hydrogen-bond donors (Lipinski definition) is 0. The van der Waals surface area contributed by atoms with Crippen LogP contribution >= 0.6 is 0 Å². The predicted molar refractivity (Wildman–Crippen MR) is 126 cm³/mol. The molecule has 3 heteroatoms. The number of hydrogen-bond acceptors (Lipinski definition) is 1. The molecule has 31 heavy (non-hydrogen) atoms. The standard InChI is InChI=1S/C28H34INO/c1-21-17-18-24(19-22(21)2)27(31)28(25-13-9-7-10-14-25,26-15-11-8-12-16-26)20-23(3)30(5,6)29-4/h7-19,23H,20H2,1-6H3/t23-/m0/s1. The Morgan fingerprint density at radius 2 is 1.39 bits per heavy atom. The van der Waals surface area contributed by atoms with E-state index in [1.54, 1.807) is 0 Å². The number of rotatable bonds is 8. The number of ketones is 1. The van der Waals surface area contributed by atoms with E-state index in [1.807, 2.05) is 18.2 Å². The van der Waals surface area contributed by atoms with Gasteiger partial charge in [0.25, 0.3) is 0 Å². The second kappa shape index (κ2) is 9.66. The van der Waals surface area contributed by atoms with E-state index in [9.17, 15) is 4.79 Å². The van der Waals surface area contributed by atoms with Crippen LogP contribution in [0.2, 0.25) is 0 Å². The van der Waals surface area contributed by atoms with Crippen LogP contribution < -0.4 is 21.5 Å². The van der Waals surface area contributed by atoms with Crippen LogP contribution in [-0.2, 0) is 5.41 Å². The number of alkyl halides is 1. The van der Waals surface area contributed by atoms with Gasteiger partial charge in [-0.05, 0) is 0 Å². The first kappa shape index (κ1) is 23.7. The van der Waals surface area contributed by atoms with Crippen molar-refractivity contribution >= 4 is 5.78 Å². The second-order valence-corrected chi connectivity index (χ2v) is 12.3. The molecule has 0 aliphatic rings. The molecule has 3 aromatic rings. The Labute approximate surface area is 198 Å². The molecule has 0 aliphatic carbocycles. The van der Waals surface area contributed by atoms with Gasteiger partial charge in [0.15, 0.2) is 0 Å². The first-order valence-corrected chi connectivity index (χ1v) is 13.9. The fraction of sp³-hybridized carbons (Fsp3) is 0.321. The van der Waals surface area contributed by atoms with E-state index in [1.165, 1.54) is 5.56 Å². The van der Waals surface area contributed by atoms with Gasteiger partial charge in [0.05, 0.1) is 0 Å². The Bertz CT molecular complexity index is 988. The van der Waals surface area contributed by atoms with E-state index in [0.29, 0.717) is 6.04 Å². The Hall–Kier alpha value is -1.98. The van der Waals surface area contributed by atoms with Crippen LogP contribution in [0.4, 0.5) is 0 Å². The summed E-state index contributed by atoms with van der Waals surface area (Å²) in [6.07, 6.45) is 0.771. The summed E-state index contributed by atoms with van der Waals surface area (Å²) in [5.41, 5.74) is 4.58. The molecule has 0 fully saturated rings. The van der Waals surface area contributed by atoms with Crippen molar-refractivity contribution < 1.29 is 29.0 Å². The number of carbonyl (C=O) groups is 1. The van der Waals surface area contributed by atoms with Gasteiger partial charge in [-0.25, -0.2) is 0 Å². The number of carbonyl (C=O) groups excluding carboxylic acids is 1. The Balaban J connectivity index is 2.29. The third kappa shape index (κ3) is 4.78. The minimum absolute atomic E-state index is 0.0327. The van der Waals surface area contributed by atoms with Gasteiger partial charge in [0.2, 0.25) is 0 Å². The van der Waals surface area contributed by atoms with E-state index in [-0.39, 0.29) is 27.3 Å². The van der Waals surface area contributed by atoms with E-state index in [2.05, 4.69) is 100 Å². The normalized spacial score (nSPS) is 13.2. The van der Waals surface area contributed by atoms with Crippen molar-refractivity contribution in [3.8, 4) is 0 Å². The summed E-state index contributed by atoms with van der Waals surface area (Å²) in [6.45, 7) is 6.48. The van der Waals surface area contributed by atoms with Crippen molar-refractivity contribution in [1.82, 2.24) is 0 Å². The molecule has 1 atom stereocenters. The topological polar surface area (TPSA) is 17.1 Å². The molecule has 0 N–H and O–H groups in total. The Kier molecular flexibility index (Phi) is 7.38. The first-order chi connectivity index (χ1) is 14.7. The Morgan fingerprint density at radius 3 is 1.84 bits per heavy atom. The van der Waals surface area contributed by atoms with Gasteiger partial charge in [-0.2, -0.15) is 0 Å². The van der Waals surface area contributed by atoms with Crippen LogP contribution in [0.5, 0.6) is 0 Å². The van der Waals surface area contributed by atoms with Gasteiger partial charge in [-0.3, -0.25) is 0 Å². The SMILES string of the molecule is C[I-][N+](C)(C)[C@@H](C)CC(C(=O)c1ccc(C)c(C)c1)(c1ccccc1)c1ccccc1. The summed E-state index contributed by atoms with van der Waals surface area (Å²) >= 11 is -0.0327. The van der Waals surface area contributed by atoms with Crippen molar-refractivity contribution in [2.75, 3.05) is 19.0 Å². The van der Waals surface area contributed by atoms with Gasteiger partial charge in [0.1, 0.15) is 0 Å². The molecule has 0 aliphatic heterocycles. The van der Waals surface area contributed by atoms with Crippen molar-refractivity contribution in [3.05, 3.63) is 107 Å². The monoisotopic (exact) mass is 527 g/mol. The molecule has 0 unspecified atom stereocenters. The van der Waals surface area contributed by atoms with Crippen LogP contribution in [0.1, 0.15) is 46.0 Å². The number of quaternary nitrogens is 1. The first-order valence-electron chi connectivity index (χ1n) is 10.8. The molecule has 3 aromatic carbocycles. The van der Waals surface area contributed by atoms with Gasteiger partial charge in [0, 0.05) is 0 Å². The van der Waals surface area contributed by atoms with Gasteiger partial charge >= 0.3 is 199 Å². The van der Waals surface area contributed by atoms with Crippen molar-refractivity contribution in [3.63, 3.8) is 0 Å². The summed E-state index contributed by atoms with van der Waals surface area (Å²) in [5, 5.41) is 0.